The summed E-state index contributed by atoms with van der Waals surface area (Å²) in [5, 5.41) is 2.76. The van der Waals surface area contributed by atoms with E-state index in [-0.39, 0.29) is 48.6 Å². The quantitative estimate of drug-likeness (QED) is 0.675. The molecule has 0 radical (unpaired) electrons. The molecule has 2 aromatic rings. The molecule has 1 aromatic heterocycles. The van der Waals surface area contributed by atoms with E-state index < -0.39 is 17.6 Å². The van der Waals surface area contributed by atoms with Crippen molar-refractivity contribution >= 4 is 11.9 Å². The van der Waals surface area contributed by atoms with Crippen LogP contribution in [0, 0.1) is 11.6 Å². The first-order valence-corrected chi connectivity index (χ1v) is 8.78. The molecule has 146 valence electrons. The number of amides is 1. The zero-order valence-corrected chi connectivity index (χ0v) is 15.3. The van der Waals surface area contributed by atoms with Gasteiger partial charge in [0.25, 0.3) is 5.91 Å². The van der Waals surface area contributed by atoms with Crippen LogP contribution in [0.5, 0.6) is 0 Å². The number of carbonyl (C=O) groups excluding carboxylic acids is 2. The Bertz CT molecular complexity index is 768. The Balaban J connectivity index is 1.83. The number of ether oxygens (including phenoxy) is 1. The predicted molar refractivity (Wildman–Crippen MR) is 93.6 cm³/mol. The monoisotopic (exact) mass is 380 g/mol. The Morgan fingerprint density at radius 2 is 1.89 bits per heavy atom. The van der Waals surface area contributed by atoms with Crippen LogP contribution in [0.2, 0.25) is 0 Å². The van der Waals surface area contributed by atoms with Crippen molar-refractivity contribution in [2.24, 2.45) is 0 Å². The van der Waals surface area contributed by atoms with Gasteiger partial charge in [0.2, 0.25) is 0 Å². The van der Waals surface area contributed by atoms with E-state index in [1.54, 1.807) is 0 Å². The summed E-state index contributed by atoms with van der Waals surface area (Å²) < 4.78 is 37.7. The van der Waals surface area contributed by atoms with E-state index in [1.807, 2.05) is 13.8 Å². The fraction of sp³-hybridized carbons (Fsp3) is 0.421. The van der Waals surface area contributed by atoms with Crippen LogP contribution in [-0.2, 0) is 20.7 Å². The van der Waals surface area contributed by atoms with Crippen LogP contribution in [-0.4, -0.2) is 29.5 Å². The number of nitrogens with zero attached hydrogens (tertiary/aromatic N) is 1. The third kappa shape index (κ3) is 5.87. The maximum atomic E-state index is 13.7. The first kappa shape index (κ1) is 20.5. The highest BCUT2D eigenvalue weighted by Crippen LogP contribution is 2.26. The van der Waals surface area contributed by atoms with Crippen molar-refractivity contribution in [2.45, 2.75) is 45.6 Å². The van der Waals surface area contributed by atoms with Crippen LogP contribution in [0.15, 0.2) is 28.8 Å². The number of aromatic nitrogens is 1. The van der Waals surface area contributed by atoms with Crippen LogP contribution in [0.1, 0.15) is 39.0 Å². The van der Waals surface area contributed by atoms with Gasteiger partial charge in [0.15, 0.2) is 18.3 Å². The van der Waals surface area contributed by atoms with Gasteiger partial charge >= 0.3 is 5.97 Å². The van der Waals surface area contributed by atoms with Crippen molar-refractivity contribution < 1.29 is 27.5 Å². The van der Waals surface area contributed by atoms with Gasteiger partial charge in [0.05, 0.1) is 18.2 Å². The van der Waals surface area contributed by atoms with Gasteiger partial charge in [0, 0.05) is 12.5 Å². The summed E-state index contributed by atoms with van der Waals surface area (Å²) in [5.41, 5.74) is -0.308. The Hall–Kier alpha value is -2.77. The molecule has 6 nitrogen and oxygen atoms in total. The Morgan fingerprint density at radius 1 is 1.22 bits per heavy atom. The van der Waals surface area contributed by atoms with Crippen molar-refractivity contribution in [1.82, 2.24) is 10.3 Å². The Labute approximate surface area is 155 Å². The van der Waals surface area contributed by atoms with Crippen molar-refractivity contribution in [2.75, 3.05) is 6.61 Å². The average molecular weight is 380 g/mol. The molecule has 27 heavy (non-hydrogen) atoms. The topological polar surface area (TPSA) is 81.4 Å². The summed E-state index contributed by atoms with van der Waals surface area (Å²) in [6, 6.07) is 3.54. The molecule has 0 saturated carbocycles. The van der Waals surface area contributed by atoms with E-state index in [0.29, 0.717) is 0 Å². The number of halogens is 2. The second-order valence-electron chi connectivity index (χ2n) is 5.96. The molecule has 8 heteroatoms. The molecule has 1 amide bonds. The molecule has 0 atom stereocenters. The third-order valence-electron chi connectivity index (χ3n) is 4.02. The van der Waals surface area contributed by atoms with Gasteiger partial charge in [-0.25, -0.2) is 13.8 Å². The van der Waals surface area contributed by atoms with Gasteiger partial charge in [-0.2, -0.15) is 0 Å². The molecule has 0 aliphatic carbocycles. The van der Waals surface area contributed by atoms with Gasteiger partial charge in [-0.1, -0.05) is 19.9 Å². The second kappa shape index (κ2) is 9.80. The molecule has 2 rings (SSSR count). The van der Waals surface area contributed by atoms with E-state index in [2.05, 4.69) is 10.3 Å². The van der Waals surface area contributed by atoms with Crippen LogP contribution < -0.4 is 5.32 Å². The van der Waals surface area contributed by atoms with Crippen LogP contribution in [0.3, 0.4) is 0 Å². The SMILES string of the molecule is CCC(CC)NC(=O)COC(=O)CCc1ncc(-c2c(F)cccc2F)o1. The van der Waals surface area contributed by atoms with Gasteiger partial charge < -0.3 is 14.5 Å². The molecule has 0 spiro atoms. The average Bonchev–Trinajstić information content (AvgIpc) is 3.11. The van der Waals surface area contributed by atoms with Gasteiger partial charge in [0.1, 0.15) is 11.6 Å². The molecule has 1 aromatic carbocycles. The minimum absolute atomic E-state index is 0.0562. The number of aryl methyl sites for hydroxylation is 1. The van der Waals surface area contributed by atoms with Crippen molar-refractivity contribution in [3.05, 3.63) is 41.9 Å². The van der Waals surface area contributed by atoms with Crippen molar-refractivity contribution in [3.8, 4) is 11.3 Å². The molecular formula is C19H22F2N2O4. The second-order valence-corrected chi connectivity index (χ2v) is 5.96. The number of rotatable bonds is 9. The zero-order chi connectivity index (χ0) is 19.8. The molecule has 0 saturated heterocycles. The maximum absolute atomic E-state index is 13.7. The largest absolute Gasteiger partial charge is 0.456 e. The summed E-state index contributed by atoms with van der Waals surface area (Å²) >= 11 is 0. The number of oxazole rings is 1. The summed E-state index contributed by atoms with van der Waals surface area (Å²) in [7, 11) is 0. The van der Waals surface area contributed by atoms with Crippen molar-refractivity contribution in [1.29, 1.82) is 0 Å². The zero-order valence-electron chi connectivity index (χ0n) is 15.3. The maximum Gasteiger partial charge on any atom is 0.306 e. The number of carbonyl (C=O) groups is 2. The van der Waals surface area contributed by atoms with Gasteiger partial charge in [-0.3, -0.25) is 9.59 Å². The summed E-state index contributed by atoms with van der Waals surface area (Å²) in [6.07, 6.45) is 2.81. The number of hydrogen-bond acceptors (Lipinski definition) is 5. The van der Waals surface area contributed by atoms with E-state index in [1.165, 1.54) is 12.3 Å². The molecule has 0 unspecified atom stereocenters. The standard InChI is InChI=1S/C19H22F2N2O4/c1-3-12(4-2)23-16(24)11-26-18(25)9-8-17-22-10-15(27-17)19-13(20)6-5-7-14(19)21/h5-7,10,12H,3-4,8-9,11H2,1-2H3,(H,23,24). The predicted octanol–water partition coefficient (Wildman–Crippen LogP) is 3.40. The lowest BCUT2D eigenvalue weighted by Gasteiger charge is -2.14. The minimum atomic E-state index is -0.763. The number of hydrogen-bond donors (Lipinski definition) is 1. The number of benzene rings is 1. The molecule has 0 aliphatic rings. The van der Waals surface area contributed by atoms with Gasteiger partial charge in [-0.05, 0) is 25.0 Å². The van der Waals surface area contributed by atoms with E-state index in [4.69, 9.17) is 9.15 Å². The summed E-state index contributed by atoms with van der Waals surface area (Å²) in [4.78, 5) is 27.3. The van der Waals surface area contributed by atoms with Gasteiger partial charge in [-0.15, -0.1) is 0 Å². The highest BCUT2D eigenvalue weighted by atomic mass is 19.1. The number of esters is 1. The third-order valence-corrected chi connectivity index (χ3v) is 4.02. The lowest BCUT2D eigenvalue weighted by atomic mass is 10.1. The summed E-state index contributed by atoms with van der Waals surface area (Å²) in [5.74, 6) is -2.39. The summed E-state index contributed by atoms with van der Waals surface area (Å²) in [6.45, 7) is 3.56. The lowest BCUT2D eigenvalue weighted by molar-refractivity contribution is -0.148. The Morgan fingerprint density at radius 3 is 2.52 bits per heavy atom. The highest BCUT2D eigenvalue weighted by molar-refractivity contribution is 5.80. The van der Waals surface area contributed by atoms with Crippen molar-refractivity contribution in [3.63, 3.8) is 0 Å². The smallest absolute Gasteiger partial charge is 0.306 e. The van der Waals surface area contributed by atoms with Crippen LogP contribution >= 0.6 is 0 Å². The molecular weight excluding hydrogens is 358 g/mol. The molecule has 0 bridgehead atoms. The molecule has 0 fully saturated rings. The van der Waals surface area contributed by atoms with Crippen LogP contribution in [0.4, 0.5) is 8.78 Å². The Kier molecular flexibility index (Phi) is 7.45. The highest BCUT2D eigenvalue weighted by Gasteiger charge is 2.17. The number of nitrogens with one attached hydrogen (secondary N) is 1. The normalized spacial score (nSPS) is 10.9. The van der Waals surface area contributed by atoms with Crippen LogP contribution in [0.25, 0.3) is 11.3 Å². The molecule has 1 N–H and O–H groups in total. The molecule has 1 heterocycles. The fourth-order valence-electron chi connectivity index (χ4n) is 2.46. The lowest BCUT2D eigenvalue weighted by Crippen LogP contribution is -2.36. The van der Waals surface area contributed by atoms with E-state index in [9.17, 15) is 18.4 Å². The van der Waals surface area contributed by atoms with E-state index in [0.717, 1.165) is 25.0 Å². The first-order valence-electron chi connectivity index (χ1n) is 8.78. The fourth-order valence-corrected chi connectivity index (χ4v) is 2.46. The molecule has 0 aliphatic heterocycles. The minimum Gasteiger partial charge on any atom is -0.456 e. The first-order chi connectivity index (χ1) is 12.9. The van der Waals surface area contributed by atoms with E-state index >= 15 is 0 Å².